The minimum Gasteiger partial charge on any atom is -0.497 e. The summed E-state index contributed by atoms with van der Waals surface area (Å²) in [5, 5.41) is 21.6. The Morgan fingerprint density at radius 3 is 1.29 bits per heavy atom. The Hall–Kier alpha value is -2.38. The molecule has 2 unspecified atom stereocenters. The van der Waals surface area contributed by atoms with E-state index in [0.29, 0.717) is 22.6 Å². The first-order valence-electron chi connectivity index (χ1n) is 8.31. The molecule has 2 atom stereocenters. The predicted molar refractivity (Wildman–Crippen MR) is 106 cm³/mol. The minimum absolute atomic E-state index is 0.0603. The van der Waals surface area contributed by atoms with Crippen LogP contribution in [-0.4, -0.2) is 34.4 Å². The number of hydrogen-bond donors (Lipinski definition) is 2. The zero-order valence-corrected chi connectivity index (χ0v) is 16.6. The molecule has 1 aromatic heterocycles. The van der Waals surface area contributed by atoms with Gasteiger partial charge in [-0.05, 0) is 35.4 Å². The third-order valence-corrected chi connectivity index (χ3v) is 4.87. The first kappa shape index (κ1) is 20.4. The molecule has 3 aromatic rings. The van der Waals surface area contributed by atoms with Gasteiger partial charge in [0.05, 0.1) is 25.6 Å². The van der Waals surface area contributed by atoms with E-state index in [1.54, 1.807) is 62.8 Å². The lowest BCUT2D eigenvalue weighted by Gasteiger charge is -2.19. The highest BCUT2D eigenvalue weighted by Crippen LogP contribution is 2.33. The van der Waals surface area contributed by atoms with Crippen molar-refractivity contribution in [3.05, 3.63) is 81.4 Å². The van der Waals surface area contributed by atoms with Crippen LogP contribution in [0.5, 0.6) is 11.5 Å². The minimum atomic E-state index is -1.17. The van der Waals surface area contributed by atoms with E-state index in [9.17, 15) is 10.2 Å². The highest BCUT2D eigenvalue weighted by Gasteiger charge is 2.25. The molecule has 0 aliphatic heterocycles. The molecule has 0 bridgehead atoms. The van der Waals surface area contributed by atoms with Gasteiger partial charge >= 0.3 is 0 Å². The van der Waals surface area contributed by atoms with E-state index in [4.69, 9.17) is 32.7 Å². The summed E-state index contributed by atoms with van der Waals surface area (Å²) in [6, 6.07) is 13.6. The Labute approximate surface area is 172 Å². The molecular formula is C20H18Cl2N2O4. The Kier molecular flexibility index (Phi) is 6.36. The van der Waals surface area contributed by atoms with Gasteiger partial charge in [0.15, 0.2) is 10.3 Å². The van der Waals surface area contributed by atoms with Crippen LogP contribution in [0, 0.1) is 0 Å². The van der Waals surface area contributed by atoms with Gasteiger partial charge in [-0.2, -0.15) is 0 Å². The van der Waals surface area contributed by atoms with Crippen LogP contribution < -0.4 is 9.47 Å². The second-order valence-corrected chi connectivity index (χ2v) is 6.64. The normalized spacial score (nSPS) is 13.1. The van der Waals surface area contributed by atoms with Crippen LogP contribution in [0.15, 0.2) is 48.5 Å². The maximum Gasteiger partial charge on any atom is 0.166 e. The van der Waals surface area contributed by atoms with Crippen LogP contribution in [0.1, 0.15) is 34.7 Å². The molecule has 0 fully saturated rings. The molecule has 146 valence electrons. The van der Waals surface area contributed by atoms with E-state index in [1.807, 2.05) is 0 Å². The smallest absolute Gasteiger partial charge is 0.166 e. The molecule has 0 saturated carbocycles. The maximum atomic E-state index is 10.9. The first-order valence-corrected chi connectivity index (χ1v) is 9.07. The van der Waals surface area contributed by atoms with Crippen LogP contribution in [0.25, 0.3) is 0 Å². The van der Waals surface area contributed by atoms with Gasteiger partial charge in [-0.15, -0.1) is 0 Å². The maximum absolute atomic E-state index is 10.9. The van der Waals surface area contributed by atoms with Crippen molar-refractivity contribution in [3.8, 4) is 11.5 Å². The fraction of sp³-hybridized carbons (Fsp3) is 0.200. The number of aromatic nitrogens is 2. The van der Waals surface area contributed by atoms with Gasteiger partial charge in [0, 0.05) is 0 Å². The number of hydrogen-bond acceptors (Lipinski definition) is 6. The molecule has 0 aliphatic carbocycles. The summed E-state index contributed by atoms with van der Waals surface area (Å²) in [5.41, 5.74) is 1.30. The number of benzene rings is 2. The second-order valence-electron chi connectivity index (χ2n) is 5.93. The summed E-state index contributed by atoms with van der Waals surface area (Å²) in [4.78, 5) is 8.35. The summed E-state index contributed by atoms with van der Waals surface area (Å²) in [5.74, 6) is 1.30. The molecule has 2 N–H and O–H groups in total. The Balaban J connectivity index is 2.03. The third kappa shape index (κ3) is 4.20. The summed E-state index contributed by atoms with van der Waals surface area (Å²) >= 11 is 12.0. The zero-order valence-electron chi connectivity index (χ0n) is 15.1. The van der Waals surface area contributed by atoms with Crippen LogP contribution in [0.2, 0.25) is 10.3 Å². The second kappa shape index (κ2) is 8.75. The molecule has 28 heavy (non-hydrogen) atoms. The molecule has 0 saturated heterocycles. The van der Waals surface area contributed by atoms with Gasteiger partial charge in [0.2, 0.25) is 0 Å². The Morgan fingerprint density at radius 1 is 0.679 bits per heavy atom. The van der Waals surface area contributed by atoms with Crippen LogP contribution in [-0.2, 0) is 0 Å². The van der Waals surface area contributed by atoms with E-state index < -0.39 is 12.2 Å². The van der Waals surface area contributed by atoms with E-state index in [2.05, 4.69) is 9.97 Å². The number of ether oxygens (including phenoxy) is 2. The largest absolute Gasteiger partial charge is 0.497 e. The third-order valence-electron chi connectivity index (χ3n) is 4.25. The first-order chi connectivity index (χ1) is 13.4. The van der Waals surface area contributed by atoms with E-state index in [0.717, 1.165) is 0 Å². The molecule has 8 heteroatoms. The number of rotatable bonds is 6. The lowest BCUT2D eigenvalue weighted by atomic mass is 9.99. The molecule has 0 spiro atoms. The summed E-state index contributed by atoms with van der Waals surface area (Å²) in [6.45, 7) is 0. The molecule has 1 heterocycles. The number of halogens is 2. The van der Waals surface area contributed by atoms with E-state index in [-0.39, 0.29) is 21.7 Å². The lowest BCUT2D eigenvalue weighted by Crippen LogP contribution is -2.14. The van der Waals surface area contributed by atoms with Crippen molar-refractivity contribution in [2.24, 2.45) is 0 Å². The number of aliphatic hydroxyl groups excluding tert-OH is 2. The van der Waals surface area contributed by atoms with Crippen LogP contribution >= 0.6 is 23.2 Å². The number of nitrogens with zero attached hydrogens (tertiary/aromatic N) is 2. The van der Waals surface area contributed by atoms with Gasteiger partial charge in [-0.1, -0.05) is 47.5 Å². The standard InChI is InChI=1S/C20H18Cl2N2O4/c1-27-13-7-3-11(4-8-13)17(25)15-16(24-20(22)19(21)23-15)18(26)12-5-9-14(28-2)10-6-12/h3-10,17-18,25-26H,1-2H3. The SMILES string of the molecule is COc1ccc(C(O)c2nc(Cl)c(Cl)nc2C(O)c2ccc(OC)cc2)cc1. The summed E-state index contributed by atoms with van der Waals surface area (Å²) < 4.78 is 10.3. The predicted octanol–water partition coefficient (Wildman–Crippen LogP) is 3.96. The Bertz CT molecular complexity index is 871. The quantitative estimate of drug-likeness (QED) is 0.627. The van der Waals surface area contributed by atoms with Crippen molar-refractivity contribution in [3.63, 3.8) is 0 Å². The molecule has 0 amide bonds. The van der Waals surface area contributed by atoms with Crippen molar-refractivity contribution < 1.29 is 19.7 Å². The summed E-state index contributed by atoms with van der Waals surface area (Å²) in [6.07, 6.45) is -2.34. The van der Waals surface area contributed by atoms with Crippen molar-refractivity contribution in [1.82, 2.24) is 9.97 Å². The highest BCUT2D eigenvalue weighted by atomic mass is 35.5. The van der Waals surface area contributed by atoms with Crippen molar-refractivity contribution in [2.45, 2.75) is 12.2 Å². The fourth-order valence-electron chi connectivity index (χ4n) is 2.71. The zero-order chi connectivity index (χ0) is 20.3. The van der Waals surface area contributed by atoms with Crippen molar-refractivity contribution >= 4 is 23.2 Å². The van der Waals surface area contributed by atoms with Gasteiger partial charge in [-0.3, -0.25) is 0 Å². The van der Waals surface area contributed by atoms with Crippen LogP contribution in [0.4, 0.5) is 0 Å². The fourth-order valence-corrected chi connectivity index (χ4v) is 2.98. The molecule has 0 radical (unpaired) electrons. The van der Waals surface area contributed by atoms with E-state index in [1.165, 1.54) is 0 Å². The van der Waals surface area contributed by atoms with Gasteiger partial charge in [0.1, 0.15) is 23.7 Å². The molecule has 3 rings (SSSR count). The van der Waals surface area contributed by atoms with Crippen LogP contribution in [0.3, 0.4) is 0 Å². The highest BCUT2D eigenvalue weighted by molar-refractivity contribution is 6.40. The topological polar surface area (TPSA) is 84.7 Å². The lowest BCUT2D eigenvalue weighted by molar-refractivity contribution is 0.188. The average Bonchev–Trinajstić information content (AvgIpc) is 2.74. The molecule has 2 aromatic carbocycles. The van der Waals surface area contributed by atoms with Gasteiger partial charge in [0.25, 0.3) is 0 Å². The Morgan fingerprint density at radius 2 is 1.00 bits per heavy atom. The number of aliphatic hydroxyl groups is 2. The van der Waals surface area contributed by atoms with Gasteiger partial charge < -0.3 is 19.7 Å². The van der Waals surface area contributed by atoms with E-state index >= 15 is 0 Å². The molecule has 0 aliphatic rings. The average molecular weight is 421 g/mol. The van der Waals surface area contributed by atoms with Gasteiger partial charge in [-0.25, -0.2) is 9.97 Å². The van der Waals surface area contributed by atoms with Crippen molar-refractivity contribution in [1.29, 1.82) is 0 Å². The molecular weight excluding hydrogens is 403 g/mol. The summed E-state index contributed by atoms with van der Waals surface area (Å²) in [7, 11) is 3.11. The number of methoxy groups -OCH3 is 2. The molecule has 6 nitrogen and oxygen atoms in total. The van der Waals surface area contributed by atoms with Crippen molar-refractivity contribution in [2.75, 3.05) is 14.2 Å². The monoisotopic (exact) mass is 420 g/mol.